The molecule has 0 N–H and O–H groups in total. The van der Waals surface area contributed by atoms with Crippen molar-refractivity contribution in [1.29, 1.82) is 0 Å². The summed E-state index contributed by atoms with van der Waals surface area (Å²) >= 11 is 3.98. The Hall–Kier alpha value is -1.70. The minimum Gasteiger partial charge on any atom is -1.00 e. The van der Waals surface area contributed by atoms with Crippen LogP contribution in [0.4, 0.5) is 17.1 Å². The van der Waals surface area contributed by atoms with Crippen LogP contribution in [-0.2, 0) is 23.2 Å². The van der Waals surface area contributed by atoms with Crippen molar-refractivity contribution in [1.82, 2.24) is 0 Å². The molecule has 9 rings (SSSR count). The zero-order chi connectivity index (χ0) is 26.8. The average molecular weight is 886 g/mol. The molecule has 6 heteroatoms. The van der Waals surface area contributed by atoms with E-state index in [0.717, 1.165) is 0 Å². The smallest absolute Gasteiger partial charge is 1.00 e. The summed E-state index contributed by atoms with van der Waals surface area (Å²) in [5, 5.41) is 0. The van der Waals surface area contributed by atoms with Crippen LogP contribution in [0.3, 0.4) is 0 Å². The van der Waals surface area contributed by atoms with Crippen LogP contribution in [0, 0.1) is 7.14 Å². The molecule has 0 amide bonds. The summed E-state index contributed by atoms with van der Waals surface area (Å²) in [6, 6.07) is 42.8. The second kappa shape index (κ2) is 12.4. The Morgan fingerprint density at radius 2 is 1.12 bits per heavy atom. The predicted octanol–water partition coefficient (Wildman–Crippen LogP) is 4.44. The number of rotatable bonds is 4. The van der Waals surface area contributed by atoms with E-state index in [1.165, 1.54) is 57.6 Å². The molecule has 5 aromatic rings. The Labute approximate surface area is 298 Å². The normalized spacial score (nSPS) is 17.0. The summed E-state index contributed by atoms with van der Waals surface area (Å²) in [7, 11) is 0. The first-order valence-electron chi connectivity index (χ1n) is 13.5. The van der Waals surface area contributed by atoms with Gasteiger partial charge in [0, 0.05) is 0 Å². The van der Waals surface area contributed by atoms with Crippen molar-refractivity contribution >= 4 is 74.4 Å². The summed E-state index contributed by atoms with van der Waals surface area (Å²) in [4.78, 5) is 2.44. The van der Waals surface area contributed by atoms with Gasteiger partial charge in [0.05, 0.1) is 0 Å². The van der Waals surface area contributed by atoms with E-state index in [1.54, 1.807) is 6.56 Å². The summed E-state index contributed by atoms with van der Waals surface area (Å²) < 4.78 is 6.04. The number of benzene rings is 5. The summed E-state index contributed by atoms with van der Waals surface area (Å²) in [6.45, 7) is 0. The zero-order valence-corrected chi connectivity index (χ0v) is 30.5. The van der Waals surface area contributed by atoms with Gasteiger partial charge in [0.15, 0.2) is 0 Å². The predicted molar refractivity (Wildman–Crippen MR) is 179 cm³/mol. The molecule has 2 aliphatic carbocycles. The van der Waals surface area contributed by atoms with Crippen LogP contribution in [0.25, 0.3) is 12.2 Å². The van der Waals surface area contributed by atoms with Gasteiger partial charge in [0.1, 0.15) is 0 Å². The summed E-state index contributed by atoms with van der Waals surface area (Å²) in [5.41, 5.74) is 12.3. The number of halogens is 4. The molecular formula is C36H23Cl2I2NZr. The van der Waals surface area contributed by atoms with Crippen molar-refractivity contribution in [3.63, 3.8) is 0 Å². The summed E-state index contributed by atoms with van der Waals surface area (Å²) in [6.07, 6.45) is 5.13. The fourth-order valence-corrected chi connectivity index (χ4v) is 12.3. The van der Waals surface area contributed by atoms with Gasteiger partial charge in [-0.1, -0.05) is 0 Å². The maximum absolute atomic E-state index is 2.59. The van der Waals surface area contributed by atoms with Crippen LogP contribution in [0.5, 0.6) is 0 Å². The molecular weight excluding hydrogens is 862 g/mol. The molecule has 2 heterocycles. The second-order valence-electron chi connectivity index (χ2n) is 10.5. The van der Waals surface area contributed by atoms with E-state index in [-0.39, 0.29) is 24.8 Å². The minimum atomic E-state index is -1.14. The quantitative estimate of drug-likeness (QED) is 0.242. The van der Waals surface area contributed by atoms with E-state index in [1.807, 2.05) is 0 Å². The number of para-hydroxylation sites is 1. The first kappa shape index (κ1) is 30.3. The Balaban J connectivity index is 0.00000158. The molecule has 2 atom stereocenters. The molecule has 0 spiro atoms. The largest absolute Gasteiger partial charge is 1.00 e. The topological polar surface area (TPSA) is 3.24 Å². The van der Waals surface area contributed by atoms with Crippen molar-refractivity contribution in [3.8, 4) is 0 Å². The number of anilines is 3. The summed E-state index contributed by atoms with van der Waals surface area (Å²) in [5.74, 6) is 0.689. The van der Waals surface area contributed by atoms with E-state index in [2.05, 4.69) is 177 Å². The van der Waals surface area contributed by atoms with Gasteiger partial charge in [0.25, 0.3) is 0 Å². The van der Waals surface area contributed by atoms with Gasteiger partial charge >= 0.3 is 277 Å². The van der Waals surface area contributed by atoms with E-state index in [4.69, 9.17) is 0 Å². The van der Waals surface area contributed by atoms with Crippen molar-refractivity contribution in [2.45, 2.75) is 11.8 Å². The molecule has 2 unspecified atom stereocenters. The van der Waals surface area contributed by atoms with Gasteiger partial charge in [-0.3, -0.25) is 0 Å². The molecule has 0 saturated carbocycles. The van der Waals surface area contributed by atoms with E-state index < -0.39 is 23.2 Å². The van der Waals surface area contributed by atoms with Crippen molar-refractivity contribution in [2.24, 2.45) is 0 Å². The fourth-order valence-electron chi connectivity index (χ4n) is 6.56. The van der Waals surface area contributed by atoms with E-state index >= 15 is 0 Å². The Morgan fingerprint density at radius 1 is 0.524 bits per heavy atom. The number of hydrogen-bond donors (Lipinski definition) is 0. The van der Waals surface area contributed by atoms with E-state index in [0.29, 0.717) is 11.8 Å². The standard InChI is InChI=1S/C21H13IN.C15H10I.2ClH.Zr/c22-19-12-13-20-18-11-10-17(21(18)19)14-6-8-16(9-7-14)23(20)15-4-2-1-3-5-15;16-14-8-4-7-12-9-10-13(15(12)14)11-5-2-1-3-6-11;;;/h1-9,11-13,17H;1-9,13H;2*1H;/q;;;;+2/p-2. The third-order valence-corrected chi connectivity index (χ3v) is 13.7. The van der Waals surface area contributed by atoms with Crippen molar-refractivity contribution in [3.05, 3.63) is 162 Å². The third-order valence-electron chi connectivity index (χ3n) is 8.27. The van der Waals surface area contributed by atoms with Crippen molar-refractivity contribution in [2.75, 3.05) is 4.90 Å². The molecule has 0 fully saturated rings. The molecule has 4 aliphatic rings. The SMILES string of the molecule is Ic1cccc2c1C(c1ccccc1)[C]([Zr+2][C]1=Cc3c4ccc(I)c3C1c1ccc(cc1)N4c1ccccc1)=C2.[Cl-].[Cl-]. The first-order valence-corrected chi connectivity index (χ1v) is 18.1. The monoisotopic (exact) mass is 883 g/mol. The molecule has 0 radical (unpaired) electrons. The van der Waals surface area contributed by atoms with Crippen LogP contribution < -0.4 is 29.7 Å². The maximum Gasteiger partial charge on any atom is -1.00 e. The molecule has 5 aromatic carbocycles. The molecule has 42 heavy (non-hydrogen) atoms. The zero-order valence-electron chi connectivity index (χ0n) is 22.2. The molecule has 6 bridgehead atoms. The number of hydrogen-bond acceptors (Lipinski definition) is 1. The van der Waals surface area contributed by atoms with E-state index in [9.17, 15) is 0 Å². The van der Waals surface area contributed by atoms with Gasteiger partial charge in [-0.2, -0.15) is 0 Å². The molecule has 0 aromatic heterocycles. The number of allylic oxidation sites excluding steroid dienone is 2. The molecule has 2 aliphatic heterocycles. The molecule has 0 saturated heterocycles. The van der Waals surface area contributed by atoms with Crippen LogP contribution in [-0.4, -0.2) is 0 Å². The van der Waals surface area contributed by atoms with Crippen LogP contribution in [0.2, 0.25) is 0 Å². The van der Waals surface area contributed by atoms with Crippen LogP contribution in [0.1, 0.15) is 45.2 Å². The van der Waals surface area contributed by atoms with Gasteiger partial charge in [-0.15, -0.1) is 0 Å². The van der Waals surface area contributed by atoms with Gasteiger partial charge in [0.2, 0.25) is 0 Å². The number of nitrogens with zero attached hydrogens (tertiary/aromatic N) is 1. The fraction of sp³-hybridized carbons (Fsp3) is 0.0556. The van der Waals surface area contributed by atoms with Gasteiger partial charge in [-0.05, 0) is 0 Å². The molecule has 204 valence electrons. The Kier molecular flexibility index (Phi) is 8.93. The van der Waals surface area contributed by atoms with Crippen LogP contribution in [0.15, 0.2) is 122 Å². The Bertz CT molecular complexity index is 1850. The van der Waals surface area contributed by atoms with Gasteiger partial charge < -0.3 is 24.8 Å². The first-order chi connectivity index (χ1) is 19.7. The Morgan fingerprint density at radius 3 is 1.86 bits per heavy atom. The third kappa shape index (κ3) is 4.99. The molecule has 1 nitrogen and oxygen atoms in total. The minimum absolute atomic E-state index is 0. The van der Waals surface area contributed by atoms with Gasteiger partial charge in [-0.25, -0.2) is 0 Å². The number of fused-ring (bicyclic) bond motifs is 3. The van der Waals surface area contributed by atoms with Crippen LogP contribution >= 0.6 is 45.2 Å². The van der Waals surface area contributed by atoms with Crippen molar-refractivity contribution < 1.29 is 48.0 Å². The average Bonchev–Trinajstić information content (AvgIpc) is 3.57. The second-order valence-corrected chi connectivity index (χ2v) is 16.3. The maximum atomic E-state index is 2.59.